The molecule has 1 saturated heterocycles. The van der Waals surface area contributed by atoms with Gasteiger partial charge in [-0.25, -0.2) is 0 Å². The zero-order valence-corrected chi connectivity index (χ0v) is 15.6. The van der Waals surface area contributed by atoms with Crippen LogP contribution in [0.4, 0.5) is 0 Å². The number of nitrogens with zero attached hydrogens (tertiary/aromatic N) is 1. The number of hydrogen-bond acceptors (Lipinski definition) is 3. The van der Waals surface area contributed by atoms with E-state index < -0.39 is 0 Å². The predicted molar refractivity (Wildman–Crippen MR) is 106 cm³/mol. The zero-order chi connectivity index (χ0) is 17.6. The Hall–Kier alpha value is -1.84. The fraction of sp³-hybridized carbons (Fsp3) is 0.478. The van der Waals surface area contributed by atoms with Crippen LogP contribution in [0.2, 0.25) is 0 Å². The molecular weight excluding hydrogens is 320 g/mol. The largest absolute Gasteiger partial charge is 0.489 e. The summed E-state index contributed by atoms with van der Waals surface area (Å²) in [7, 11) is 0. The lowest BCUT2D eigenvalue weighted by atomic mass is 9.89. The molecule has 3 nitrogen and oxygen atoms in total. The van der Waals surface area contributed by atoms with Crippen LogP contribution >= 0.6 is 0 Å². The van der Waals surface area contributed by atoms with E-state index in [-0.39, 0.29) is 0 Å². The molecule has 3 heteroatoms. The minimum atomic E-state index is 0.572. The van der Waals surface area contributed by atoms with E-state index >= 15 is 0 Å². The van der Waals surface area contributed by atoms with E-state index in [1.54, 1.807) is 0 Å². The highest BCUT2D eigenvalue weighted by molar-refractivity contribution is 5.30. The smallest absolute Gasteiger partial charge is 0.119 e. The molecule has 2 aromatic carbocycles. The second kappa shape index (κ2) is 8.70. The summed E-state index contributed by atoms with van der Waals surface area (Å²) in [4.78, 5) is 2.70. The third-order valence-electron chi connectivity index (χ3n) is 5.86. The number of rotatable bonds is 6. The van der Waals surface area contributed by atoms with Crippen molar-refractivity contribution in [2.45, 2.75) is 38.3 Å². The SMILES string of the molecule is c1ccc(COc2ccc([C@@H](C3CCCC3)N3CCNCC3)cc2)cc1. The molecule has 1 aliphatic heterocycles. The van der Waals surface area contributed by atoms with Gasteiger partial charge in [0.2, 0.25) is 0 Å². The number of ether oxygens (including phenoxy) is 1. The van der Waals surface area contributed by atoms with Crippen molar-refractivity contribution in [1.82, 2.24) is 10.2 Å². The molecule has 1 saturated carbocycles. The van der Waals surface area contributed by atoms with E-state index in [1.165, 1.54) is 36.8 Å². The highest BCUT2D eigenvalue weighted by atomic mass is 16.5. The molecule has 1 N–H and O–H groups in total. The molecule has 2 fully saturated rings. The van der Waals surface area contributed by atoms with Gasteiger partial charge in [-0.1, -0.05) is 55.3 Å². The second-order valence-corrected chi connectivity index (χ2v) is 7.62. The van der Waals surface area contributed by atoms with E-state index in [9.17, 15) is 0 Å². The van der Waals surface area contributed by atoms with Gasteiger partial charge in [0.25, 0.3) is 0 Å². The minimum absolute atomic E-state index is 0.572. The Morgan fingerprint density at radius 2 is 1.62 bits per heavy atom. The van der Waals surface area contributed by atoms with Crippen LogP contribution in [-0.4, -0.2) is 31.1 Å². The molecule has 0 radical (unpaired) electrons. The maximum absolute atomic E-state index is 5.97. The van der Waals surface area contributed by atoms with Gasteiger partial charge in [-0.05, 0) is 42.0 Å². The summed E-state index contributed by atoms with van der Waals surface area (Å²) in [5.41, 5.74) is 2.67. The zero-order valence-electron chi connectivity index (χ0n) is 15.6. The topological polar surface area (TPSA) is 24.5 Å². The van der Waals surface area contributed by atoms with Crippen molar-refractivity contribution in [2.24, 2.45) is 5.92 Å². The van der Waals surface area contributed by atoms with Crippen LogP contribution in [0, 0.1) is 5.92 Å². The Balaban J connectivity index is 1.45. The lowest BCUT2D eigenvalue weighted by molar-refractivity contribution is 0.125. The van der Waals surface area contributed by atoms with Crippen LogP contribution < -0.4 is 10.1 Å². The molecule has 1 aliphatic carbocycles. The number of benzene rings is 2. The highest BCUT2D eigenvalue weighted by Gasteiger charge is 2.31. The van der Waals surface area contributed by atoms with Gasteiger partial charge in [-0.3, -0.25) is 4.90 Å². The van der Waals surface area contributed by atoms with Crippen LogP contribution in [0.3, 0.4) is 0 Å². The molecule has 0 unspecified atom stereocenters. The van der Waals surface area contributed by atoms with Gasteiger partial charge in [-0.2, -0.15) is 0 Å². The van der Waals surface area contributed by atoms with Gasteiger partial charge in [0.05, 0.1) is 0 Å². The van der Waals surface area contributed by atoms with Gasteiger partial charge in [0, 0.05) is 32.2 Å². The quantitative estimate of drug-likeness (QED) is 0.835. The third-order valence-corrected chi connectivity index (χ3v) is 5.86. The first-order valence-electron chi connectivity index (χ1n) is 10.1. The van der Waals surface area contributed by atoms with Crippen molar-refractivity contribution in [1.29, 1.82) is 0 Å². The van der Waals surface area contributed by atoms with Gasteiger partial charge in [0.15, 0.2) is 0 Å². The minimum Gasteiger partial charge on any atom is -0.489 e. The lowest BCUT2D eigenvalue weighted by Gasteiger charge is -2.38. The average molecular weight is 351 g/mol. The Morgan fingerprint density at radius 1 is 0.923 bits per heavy atom. The van der Waals surface area contributed by atoms with E-state index in [4.69, 9.17) is 4.74 Å². The van der Waals surface area contributed by atoms with Crippen molar-refractivity contribution in [3.8, 4) is 5.75 Å². The van der Waals surface area contributed by atoms with Crippen molar-refractivity contribution in [3.63, 3.8) is 0 Å². The van der Waals surface area contributed by atoms with Gasteiger partial charge in [-0.15, -0.1) is 0 Å². The van der Waals surface area contributed by atoms with E-state index in [0.717, 1.165) is 37.8 Å². The summed E-state index contributed by atoms with van der Waals surface area (Å²) in [6, 6.07) is 19.8. The van der Waals surface area contributed by atoms with Crippen molar-refractivity contribution >= 4 is 0 Å². The standard InChI is InChI=1S/C23H30N2O/c1-2-6-19(7-3-1)18-26-22-12-10-21(11-13-22)23(20-8-4-5-9-20)25-16-14-24-15-17-25/h1-3,6-7,10-13,20,23-24H,4-5,8-9,14-18H2/t23-/m1/s1. The van der Waals surface area contributed by atoms with Crippen LogP contribution in [-0.2, 0) is 6.61 Å². The molecule has 1 atom stereocenters. The molecule has 2 aromatic rings. The first-order valence-corrected chi connectivity index (χ1v) is 10.1. The predicted octanol–water partition coefficient (Wildman–Crippen LogP) is 4.40. The van der Waals surface area contributed by atoms with Crippen LogP contribution in [0.5, 0.6) is 5.75 Å². The summed E-state index contributed by atoms with van der Waals surface area (Å²) in [6.07, 6.45) is 5.54. The summed E-state index contributed by atoms with van der Waals surface area (Å²) < 4.78 is 5.97. The van der Waals surface area contributed by atoms with Crippen LogP contribution in [0.1, 0.15) is 42.9 Å². The maximum Gasteiger partial charge on any atom is 0.119 e. The van der Waals surface area contributed by atoms with Crippen molar-refractivity contribution in [2.75, 3.05) is 26.2 Å². The Bertz CT molecular complexity index is 658. The molecule has 0 aromatic heterocycles. The number of nitrogens with one attached hydrogen (secondary N) is 1. The fourth-order valence-corrected chi connectivity index (χ4v) is 4.52. The number of piperazine rings is 1. The fourth-order valence-electron chi connectivity index (χ4n) is 4.52. The summed E-state index contributed by atoms with van der Waals surface area (Å²) in [5.74, 6) is 1.77. The molecule has 0 amide bonds. The summed E-state index contributed by atoms with van der Waals surface area (Å²) in [6.45, 7) is 5.17. The molecule has 4 rings (SSSR count). The monoisotopic (exact) mass is 350 g/mol. The van der Waals surface area contributed by atoms with Crippen LogP contribution in [0.25, 0.3) is 0 Å². The molecule has 26 heavy (non-hydrogen) atoms. The number of hydrogen-bond donors (Lipinski definition) is 1. The average Bonchev–Trinajstić information content (AvgIpc) is 3.23. The Kier molecular flexibility index (Phi) is 5.88. The molecule has 0 bridgehead atoms. The van der Waals surface area contributed by atoms with Gasteiger partial charge >= 0.3 is 0 Å². The normalized spacial score (nSPS) is 20.2. The second-order valence-electron chi connectivity index (χ2n) is 7.62. The van der Waals surface area contributed by atoms with Crippen molar-refractivity contribution < 1.29 is 4.74 Å². The molecule has 1 heterocycles. The Morgan fingerprint density at radius 3 is 2.31 bits per heavy atom. The van der Waals surface area contributed by atoms with Gasteiger partial charge < -0.3 is 10.1 Å². The summed E-state index contributed by atoms with van der Waals surface area (Å²) >= 11 is 0. The van der Waals surface area contributed by atoms with Gasteiger partial charge in [0.1, 0.15) is 12.4 Å². The van der Waals surface area contributed by atoms with E-state index in [1.807, 2.05) is 6.07 Å². The first-order chi connectivity index (χ1) is 12.9. The molecular formula is C23H30N2O. The lowest BCUT2D eigenvalue weighted by Crippen LogP contribution is -2.46. The maximum atomic E-state index is 5.97. The molecule has 138 valence electrons. The third kappa shape index (κ3) is 4.28. The van der Waals surface area contributed by atoms with Crippen LogP contribution in [0.15, 0.2) is 54.6 Å². The van der Waals surface area contributed by atoms with Crippen molar-refractivity contribution in [3.05, 3.63) is 65.7 Å². The highest BCUT2D eigenvalue weighted by Crippen LogP contribution is 2.40. The Labute approximate surface area is 157 Å². The van der Waals surface area contributed by atoms with E-state index in [2.05, 4.69) is 58.7 Å². The molecule has 2 aliphatic rings. The summed E-state index contributed by atoms with van der Waals surface area (Å²) in [5, 5.41) is 3.49. The first kappa shape index (κ1) is 17.6. The van der Waals surface area contributed by atoms with E-state index in [0.29, 0.717) is 12.6 Å². The molecule has 0 spiro atoms.